The first-order valence-corrected chi connectivity index (χ1v) is 9.69. The van der Waals surface area contributed by atoms with Crippen molar-refractivity contribution in [2.75, 3.05) is 6.54 Å². The summed E-state index contributed by atoms with van der Waals surface area (Å²) in [5.74, 6) is -0.234. The van der Waals surface area contributed by atoms with E-state index in [0.717, 1.165) is 38.5 Å². The number of rotatable bonds is 6. The smallest absolute Gasteiger partial charge is 0.267 e. The van der Waals surface area contributed by atoms with Crippen LogP contribution in [0.5, 0.6) is 0 Å². The molecule has 0 aliphatic heterocycles. The molecule has 1 fully saturated rings. The lowest BCUT2D eigenvalue weighted by Gasteiger charge is -2.15. The third-order valence-corrected chi connectivity index (χ3v) is 5.19. The Bertz CT molecular complexity index is 604. The second kappa shape index (κ2) is 6.83. The first-order valence-electron chi connectivity index (χ1n) is 7.38. The predicted octanol–water partition coefficient (Wildman–Crippen LogP) is 3.06. The summed E-state index contributed by atoms with van der Waals surface area (Å²) in [7, 11) is 1.59. The molecule has 7 heteroatoms. The summed E-state index contributed by atoms with van der Waals surface area (Å²) in [5, 5.41) is 2.83. The Morgan fingerprint density at radius 2 is 2.10 bits per heavy atom. The van der Waals surface area contributed by atoms with Crippen LogP contribution in [0.15, 0.2) is 17.2 Å². The van der Waals surface area contributed by atoms with Crippen molar-refractivity contribution >= 4 is 25.6 Å². The van der Waals surface area contributed by atoms with Gasteiger partial charge in [0.15, 0.2) is 0 Å². The first kappa shape index (κ1) is 16.4. The van der Waals surface area contributed by atoms with Gasteiger partial charge in [0.2, 0.25) is 0 Å². The molecule has 1 amide bonds. The van der Waals surface area contributed by atoms with Gasteiger partial charge in [-0.15, -0.1) is 0 Å². The van der Waals surface area contributed by atoms with E-state index in [1.807, 2.05) is 6.92 Å². The van der Waals surface area contributed by atoms with Crippen LogP contribution in [0, 0.1) is 0 Å². The second-order valence-corrected chi connectivity index (χ2v) is 8.02. The van der Waals surface area contributed by atoms with Crippen LogP contribution in [0.1, 0.15) is 62.0 Å². The molecule has 21 heavy (non-hydrogen) atoms. The fourth-order valence-corrected chi connectivity index (χ4v) is 3.47. The predicted molar refractivity (Wildman–Crippen MR) is 82.2 cm³/mol. The van der Waals surface area contributed by atoms with E-state index in [4.69, 9.17) is 10.7 Å². The summed E-state index contributed by atoms with van der Waals surface area (Å²) in [6.07, 6.45) is 7.51. The van der Waals surface area contributed by atoms with E-state index in [0.29, 0.717) is 12.2 Å². The number of nitrogens with one attached hydrogen (secondary N) is 1. The van der Waals surface area contributed by atoms with Gasteiger partial charge in [-0.2, -0.15) is 0 Å². The van der Waals surface area contributed by atoms with Gasteiger partial charge in [-0.05, 0) is 25.3 Å². The van der Waals surface area contributed by atoms with Crippen LogP contribution in [-0.4, -0.2) is 25.4 Å². The van der Waals surface area contributed by atoms with E-state index < -0.39 is 9.05 Å². The molecule has 1 saturated carbocycles. The topological polar surface area (TPSA) is 68.2 Å². The van der Waals surface area contributed by atoms with E-state index in [1.54, 1.807) is 4.57 Å². The maximum Gasteiger partial charge on any atom is 0.267 e. The molecule has 2 rings (SSSR count). The van der Waals surface area contributed by atoms with Gasteiger partial charge in [0.25, 0.3) is 15.0 Å². The summed E-state index contributed by atoms with van der Waals surface area (Å²) in [6.45, 7) is 2.64. The number of aromatic nitrogens is 1. The Labute approximate surface area is 130 Å². The van der Waals surface area contributed by atoms with Gasteiger partial charge in [0.05, 0.1) is 0 Å². The SMILES string of the molecule is CCCCNC(=O)c1cc(S(=O)(=O)Cl)cn1C1CCCC1. The van der Waals surface area contributed by atoms with Crippen molar-refractivity contribution in [3.63, 3.8) is 0 Å². The Morgan fingerprint density at radius 3 is 2.67 bits per heavy atom. The normalized spacial score (nSPS) is 16.3. The third kappa shape index (κ3) is 4.01. The Kier molecular flexibility index (Phi) is 5.32. The molecule has 1 N–H and O–H groups in total. The molecule has 1 aliphatic rings. The lowest BCUT2D eigenvalue weighted by atomic mass is 10.2. The van der Waals surface area contributed by atoms with E-state index in [1.165, 1.54) is 12.3 Å². The maximum absolute atomic E-state index is 12.3. The van der Waals surface area contributed by atoms with Gasteiger partial charge in [-0.1, -0.05) is 26.2 Å². The molecule has 118 valence electrons. The Hall–Kier alpha value is -1.01. The van der Waals surface area contributed by atoms with Gasteiger partial charge in [-0.3, -0.25) is 4.79 Å². The van der Waals surface area contributed by atoms with Gasteiger partial charge >= 0.3 is 0 Å². The van der Waals surface area contributed by atoms with Crippen LogP contribution in [0.4, 0.5) is 0 Å². The molecule has 1 aromatic rings. The fraction of sp³-hybridized carbons (Fsp3) is 0.643. The summed E-state index contributed by atoms with van der Waals surface area (Å²) in [4.78, 5) is 12.3. The van der Waals surface area contributed by atoms with Crippen molar-refractivity contribution < 1.29 is 13.2 Å². The largest absolute Gasteiger partial charge is 0.351 e. The molecule has 0 atom stereocenters. The summed E-state index contributed by atoms with van der Waals surface area (Å²) in [6, 6.07) is 1.56. The van der Waals surface area contributed by atoms with Crippen LogP contribution in [0.25, 0.3) is 0 Å². The standard InChI is InChI=1S/C14H21ClN2O3S/c1-2-3-8-16-14(18)13-9-12(21(15,19)20)10-17(13)11-6-4-5-7-11/h9-11H,2-8H2,1H3,(H,16,18). The molecule has 1 aromatic heterocycles. The molecule has 0 unspecified atom stereocenters. The number of halogens is 1. The molecular formula is C14H21ClN2O3S. The van der Waals surface area contributed by atoms with Gasteiger partial charge in [0, 0.05) is 29.5 Å². The van der Waals surface area contributed by atoms with Crippen LogP contribution >= 0.6 is 10.7 Å². The highest BCUT2D eigenvalue weighted by Gasteiger charge is 2.25. The van der Waals surface area contributed by atoms with Gasteiger partial charge in [0.1, 0.15) is 10.6 Å². The van der Waals surface area contributed by atoms with Gasteiger partial charge < -0.3 is 9.88 Å². The first-order chi connectivity index (χ1) is 9.93. The molecule has 0 saturated heterocycles. The minimum absolute atomic E-state index is 0.00305. The van der Waals surface area contributed by atoms with Crippen molar-refractivity contribution in [1.29, 1.82) is 0 Å². The lowest BCUT2D eigenvalue weighted by molar-refractivity contribution is 0.0941. The minimum Gasteiger partial charge on any atom is -0.351 e. The number of carbonyl (C=O) groups is 1. The zero-order chi connectivity index (χ0) is 15.5. The Morgan fingerprint density at radius 1 is 1.43 bits per heavy atom. The summed E-state index contributed by atoms with van der Waals surface area (Å²) < 4.78 is 24.8. The van der Waals surface area contributed by atoms with Gasteiger partial charge in [-0.25, -0.2) is 8.42 Å². The molecule has 1 heterocycles. The van der Waals surface area contributed by atoms with E-state index >= 15 is 0 Å². The summed E-state index contributed by atoms with van der Waals surface area (Å²) in [5.41, 5.74) is 0.386. The molecule has 5 nitrogen and oxygen atoms in total. The number of amides is 1. The zero-order valence-electron chi connectivity index (χ0n) is 12.1. The van der Waals surface area contributed by atoms with Crippen molar-refractivity contribution in [2.45, 2.75) is 56.4 Å². The van der Waals surface area contributed by atoms with Crippen molar-refractivity contribution in [2.24, 2.45) is 0 Å². The lowest BCUT2D eigenvalue weighted by Crippen LogP contribution is -2.27. The van der Waals surface area contributed by atoms with E-state index in [9.17, 15) is 13.2 Å². The Balaban J connectivity index is 2.28. The molecule has 1 aliphatic carbocycles. The third-order valence-electron chi connectivity index (χ3n) is 3.87. The maximum atomic E-state index is 12.3. The molecule has 0 spiro atoms. The molecule has 0 aromatic carbocycles. The molecule has 0 radical (unpaired) electrons. The highest BCUT2D eigenvalue weighted by atomic mass is 35.7. The zero-order valence-corrected chi connectivity index (χ0v) is 13.7. The average Bonchev–Trinajstić information content (AvgIpc) is 3.06. The van der Waals surface area contributed by atoms with E-state index in [-0.39, 0.29) is 16.8 Å². The number of unbranched alkanes of at least 4 members (excludes halogenated alkanes) is 1. The number of nitrogens with zero attached hydrogens (tertiary/aromatic N) is 1. The van der Waals surface area contributed by atoms with Crippen molar-refractivity contribution in [3.05, 3.63) is 18.0 Å². The number of carbonyl (C=O) groups excluding carboxylic acids is 1. The monoisotopic (exact) mass is 332 g/mol. The van der Waals surface area contributed by atoms with E-state index in [2.05, 4.69) is 5.32 Å². The van der Waals surface area contributed by atoms with Crippen LogP contribution in [0.2, 0.25) is 0 Å². The second-order valence-electron chi connectivity index (χ2n) is 5.45. The van der Waals surface area contributed by atoms with Crippen LogP contribution in [-0.2, 0) is 9.05 Å². The summed E-state index contributed by atoms with van der Waals surface area (Å²) >= 11 is 0. The molecule has 0 bridgehead atoms. The highest BCUT2D eigenvalue weighted by Crippen LogP contribution is 2.32. The van der Waals surface area contributed by atoms with Crippen molar-refractivity contribution in [3.8, 4) is 0 Å². The quantitative estimate of drug-likeness (QED) is 0.643. The average molecular weight is 333 g/mol. The minimum atomic E-state index is -3.82. The highest BCUT2D eigenvalue weighted by molar-refractivity contribution is 8.13. The van der Waals surface area contributed by atoms with Crippen LogP contribution < -0.4 is 5.32 Å². The molecular weight excluding hydrogens is 312 g/mol. The fourth-order valence-electron chi connectivity index (χ4n) is 2.72. The van der Waals surface area contributed by atoms with Crippen LogP contribution in [0.3, 0.4) is 0 Å². The number of hydrogen-bond donors (Lipinski definition) is 1. The van der Waals surface area contributed by atoms with Crippen molar-refractivity contribution in [1.82, 2.24) is 9.88 Å². The number of hydrogen-bond acceptors (Lipinski definition) is 3.